The summed E-state index contributed by atoms with van der Waals surface area (Å²) >= 11 is 0. The van der Waals surface area contributed by atoms with E-state index in [0.717, 1.165) is 6.07 Å². The lowest BCUT2D eigenvalue weighted by atomic mass is 10.1. The normalized spacial score (nSPS) is 11.1. The zero-order valence-corrected chi connectivity index (χ0v) is 9.21. The number of halogens is 3. The predicted molar refractivity (Wildman–Crippen MR) is 55.6 cm³/mol. The summed E-state index contributed by atoms with van der Waals surface area (Å²) in [5, 5.41) is 0. The minimum Gasteiger partial charge on any atom is -0.404 e. The number of carbonyl (C=O) groups excluding carboxylic acids is 1. The molecule has 4 nitrogen and oxygen atoms in total. The summed E-state index contributed by atoms with van der Waals surface area (Å²) < 4.78 is 39.8. The van der Waals surface area contributed by atoms with Crippen LogP contribution in [-0.4, -0.2) is 31.3 Å². The maximum Gasteiger partial charge on any atom is 0.573 e. The number of hydrogen-bond donors (Lipinski definition) is 1. The Balaban J connectivity index is 3.07. The van der Waals surface area contributed by atoms with Gasteiger partial charge in [0.15, 0.2) is 5.75 Å². The van der Waals surface area contributed by atoms with E-state index in [4.69, 9.17) is 5.73 Å². The van der Waals surface area contributed by atoms with Gasteiger partial charge >= 0.3 is 6.36 Å². The number of anilines is 1. The highest BCUT2D eigenvalue weighted by Gasteiger charge is 2.32. The van der Waals surface area contributed by atoms with Crippen LogP contribution >= 0.6 is 0 Å². The summed E-state index contributed by atoms with van der Waals surface area (Å²) in [5.74, 6) is -1.01. The molecule has 0 radical (unpaired) electrons. The quantitative estimate of drug-likeness (QED) is 0.813. The van der Waals surface area contributed by atoms with Gasteiger partial charge in [0.25, 0.3) is 5.91 Å². The molecule has 0 aliphatic carbocycles. The van der Waals surface area contributed by atoms with Crippen molar-refractivity contribution in [1.29, 1.82) is 0 Å². The fourth-order valence-electron chi connectivity index (χ4n) is 1.14. The van der Waals surface area contributed by atoms with Crippen LogP contribution in [-0.2, 0) is 0 Å². The number of nitrogens with two attached hydrogens (primary N) is 1. The van der Waals surface area contributed by atoms with Crippen molar-refractivity contribution in [3.63, 3.8) is 0 Å². The second kappa shape index (κ2) is 4.52. The monoisotopic (exact) mass is 248 g/mol. The molecule has 1 aromatic carbocycles. The minimum absolute atomic E-state index is 0.0726. The van der Waals surface area contributed by atoms with Crippen LogP contribution in [0.3, 0.4) is 0 Å². The number of carbonyl (C=O) groups is 1. The summed E-state index contributed by atoms with van der Waals surface area (Å²) in [5.41, 5.74) is 5.21. The first-order chi connectivity index (χ1) is 7.70. The smallest absolute Gasteiger partial charge is 0.404 e. The van der Waals surface area contributed by atoms with Crippen molar-refractivity contribution in [3.05, 3.63) is 23.8 Å². The standard InChI is InChI=1S/C10H11F3N2O2/c1-15(2)9(16)6-3-4-7(14)8(5-6)17-10(11,12)13/h3-5H,14H2,1-2H3. The summed E-state index contributed by atoms with van der Waals surface area (Å²) in [7, 11) is 2.98. The third-order valence-corrected chi connectivity index (χ3v) is 1.89. The van der Waals surface area contributed by atoms with E-state index in [0.29, 0.717) is 0 Å². The molecule has 2 N–H and O–H groups in total. The Morgan fingerprint density at radius 3 is 2.41 bits per heavy atom. The van der Waals surface area contributed by atoms with Crippen molar-refractivity contribution in [1.82, 2.24) is 4.90 Å². The second-order valence-corrected chi connectivity index (χ2v) is 3.50. The van der Waals surface area contributed by atoms with Gasteiger partial charge in [-0.25, -0.2) is 0 Å². The van der Waals surface area contributed by atoms with Crippen molar-refractivity contribution in [2.75, 3.05) is 19.8 Å². The first kappa shape index (κ1) is 13.1. The van der Waals surface area contributed by atoms with Gasteiger partial charge in [0.2, 0.25) is 0 Å². The lowest BCUT2D eigenvalue weighted by molar-refractivity contribution is -0.274. The van der Waals surface area contributed by atoms with Crippen molar-refractivity contribution in [3.8, 4) is 5.75 Å². The Bertz CT molecular complexity index is 430. The molecule has 0 heterocycles. The van der Waals surface area contributed by atoms with Crippen LogP contribution in [0.25, 0.3) is 0 Å². The number of rotatable bonds is 2. The van der Waals surface area contributed by atoms with Crippen LogP contribution < -0.4 is 10.5 Å². The van der Waals surface area contributed by atoms with Crippen molar-refractivity contribution in [2.45, 2.75) is 6.36 Å². The Hall–Kier alpha value is -1.92. The molecule has 94 valence electrons. The van der Waals surface area contributed by atoms with Crippen LogP contribution in [0.2, 0.25) is 0 Å². The first-order valence-corrected chi connectivity index (χ1v) is 4.57. The summed E-state index contributed by atoms with van der Waals surface area (Å²) in [6.45, 7) is 0. The Morgan fingerprint density at radius 2 is 1.94 bits per heavy atom. The van der Waals surface area contributed by atoms with Gasteiger partial charge in [-0.15, -0.1) is 13.2 Å². The summed E-state index contributed by atoms with van der Waals surface area (Å²) in [6.07, 6.45) is -4.84. The van der Waals surface area contributed by atoms with Gasteiger partial charge in [-0.2, -0.15) is 0 Å². The van der Waals surface area contributed by atoms with E-state index in [1.807, 2.05) is 0 Å². The molecule has 0 saturated carbocycles. The van der Waals surface area contributed by atoms with E-state index < -0.39 is 18.0 Å². The lowest BCUT2D eigenvalue weighted by Gasteiger charge is -2.14. The second-order valence-electron chi connectivity index (χ2n) is 3.50. The van der Waals surface area contributed by atoms with E-state index in [9.17, 15) is 18.0 Å². The van der Waals surface area contributed by atoms with Gasteiger partial charge < -0.3 is 15.4 Å². The van der Waals surface area contributed by atoms with Crippen molar-refractivity contribution in [2.24, 2.45) is 0 Å². The molecule has 0 bridgehead atoms. The van der Waals surface area contributed by atoms with E-state index in [1.54, 1.807) is 0 Å². The SMILES string of the molecule is CN(C)C(=O)c1ccc(N)c(OC(F)(F)F)c1. The molecule has 1 aromatic rings. The zero-order chi connectivity index (χ0) is 13.2. The highest BCUT2D eigenvalue weighted by Crippen LogP contribution is 2.29. The van der Waals surface area contributed by atoms with Crippen LogP contribution in [0.15, 0.2) is 18.2 Å². The molecule has 0 aliphatic rings. The van der Waals surface area contributed by atoms with E-state index >= 15 is 0 Å². The molecule has 0 aromatic heterocycles. The number of nitrogen functional groups attached to an aromatic ring is 1. The molecule has 0 unspecified atom stereocenters. The van der Waals surface area contributed by atoms with E-state index in [-0.39, 0.29) is 11.3 Å². The number of nitrogens with zero attached hydrogens (tertiary/aromatic N) is 1. The Morgan fingerprint density at radius 1 is 1.35 bits per heavy atom. The first-order valence-electron chi connectivity index (χ1n) is 4.57. The van der Waals surface area contributed by atoms with Gasteiger partial charge in [0, 0.05) is 19.7 Å². The number of ether oxygens (including phenoxy) is 1. The topological polar surface area (TPSA) is 55.6 Å². The number of hydrogen-bond acceptors (Lipinski definition) is 3. The number of amides is 1. The van der Waals surface area contributed by atoms with Gasteiger partial charge in [0.05, 0.1) is 5.69 Å². The molecule has 0 saturated heterocycles. The van der Waals surface area contributed by atoms with Gasteiger partial charge in [0.1, 0.15) is 0 Å². The van der Waals surface area contributed by atoms with Gasteiger partial charge in [-0.05, 0) is 18.2 Å². The third kappa shape index (κ3) is 3.54. The Kier molecular flexibility index (Phi) is 3.50. The molecular formula is C10H11F3N2O2. The number of alkyl halides is 3. The maximum atomic E-state index is 12.0. The molecular weight excluding hydrogens is 237 g/mol. The largest absolute Gasteiger partial charge is 0.573 e. The number of benzene rings is 1. The molecule has 7 heteroatoms. The van der Waals surface area contributed by atoms with E-state index in [2.05, 4.69) is 4.74 Å². The van der Waals surface area contributed by atoms with Crippen LogP contribution in [0, 0.1) is 0 Å². The van der Waals surface area contributed by atoms with E-state index in [1.165, 1.54) is 31.1 Å². The molecule has 0 fully saturated rings. The molecule has 0 aliphatic heterocycles. The molecule has 1 amide bonds. The summed E-state index contributed by atoms with van der Waals surface area (Å²) in [6, 6.07) is 3.49. The minimum atomic E-state index is -4.84. The third-order valence-electron chi connectivity index (χ3n) is 1.89. The van der Waals surface area contributed by atoms with Crippen LogP contribution in [0.1, 0.15) is 10.4 Å². The highest BCUT2D eigenvalue weighted by atomic mass is 19.4. The average molecular weight is 248 g/mol. The maximum absolute atomic E-state index is 12.0. The predicted octanol–water partition coefficient (Wildman–Crippen LogP) is 1.87. The summed E-state index contributed by atoms with van der Waals surface area (Å²) in [4.78, 5) is 12.8. The molecule has 0 atom stereocenters. The fraction of sp³-hybridized carbons (Fsp3) is 0.300. The lowest BCUT2D eigenvalue weighted by Crippen LogP contribution is -2.22. The highest BCUT2D eigenvalue weighted by molar-refractivity contribution is 5.94. The fourth-order valence-corrected chi connectivity index (χ4v) is 1.14. The van der Waals surface area contributed by atoms with Crippen molar-refractivity contribution >= 4 is 11.6 Å². The van der Waals surface area contributed by atoms with Crippen molar-refractivity contribution < 1.29 is 22.7 Å². The van der Waals surface area contributed by atoms with Gasteiger partial charge in [-0.3, -0.25) is 4.79 Å². The zero-order valence-electron chi connectivity index (χ0n) is 9.21. The van der Waals surface area contributed by atoms with Crippen LogP contribution in [0.5, 0.6) is 5.75 Å². The average Bonchev–Trinajstić information content (AvgIpc) is 2.18. The molecule has 0 spiro atoms. The molecule has 1 rings (SSSR count). The van der Waals surface area contributed by atoms with Crippen LogP contribution in [0.4, 0.5) is 18.9 Å². The van der Waals surface area contributed by atoms with Gasteiger partial charge in [-0.1, -0.05) is 0 Å². The Labute approximate surface area is 95.8 Å². The molecule has 17 heavy (non-hydrogen) atoms.